The molecule has 0 saturated carbocycles. The second-order valence-electron chi connectivity index (χ2n) is 5.20. The largest absolute Gasteiger partial charge is 0.273 e. The zero-order chi connectivity index (χ0) is 15.7. The first-order valence-corrected chi connectivity index (χ1v) is 10.3. The minimum atomic E-state index is -3.60. The Morgan fingerprint density at radius 1 is 1.43 bits per heavy atom. The Balaban J connectivity index is 2.16. The van der Waals surface area contributed by atoms with Gasteiger partial charge in [-0.2, -0.15) is 9.40 Å². The Hall–Kier alpha value is -0.930. The van der Waals surface area contributed by atoms with Crippen LogP contribution in [0, 0.1) is 0 Å². The van der Waals surface area contributed by atoms with Crippen LogP contribution in [-0.2, 0) is 33.0 Å². The zero-order valence-corrected chi connectivity index (χ0v) is 13.9. The molecule has 1 aromatic rings. The van der Waals surface area contributed by atoms with E-state index in [1.165, 1.54) is 4.31 Å². The number of hydrogen-bond acceptors (Lipinski definition) is 5. The van der Waals surface area contributed by atoms with Gasteiger partial charge in [-0.05, 0) is 13.3 Å². The van der Waals surface area contributed by atoms with Gasteiger partial charge < -0.3 is 0 Å². The molecule has 1 aliphatic rings. The van der Waals surface area contributed by atoms with Gasteiger partial charge in [-0.25, -0.2) is 16.8 Å². The van der Waals surface area contributed by atoms with Crippen LogP contribution in [0.2, 0.25) is 0 Å². The molecule has 0 radical (unpaired) electrons. The molecule has 120 valence electrons. The van der Waals surface area contributed by atoms with Gasteiger partial charge in [-0.1, -0.05) is 6.92 Å². The van der Waals surface area contributed by atoms with Crippen LogP contribution in [0.3, 0.4) is 0 Å². The summed E-state index contributed by atoms with van der Waals surface area (Å²) in [6.07, 6.45) is 3.64. The fourth-order valence-corrected chi connectivity index (χ4v) is 6.98. The molecule has 0 aliphatic carbocycles. The predicted octanol–water partition coefficient (Wildman–Crippen LogP) is 0.242. The molecular weight excluding hydrogens is 314 g/mol. The van der Waals surface area contributed by atoms with Gasteiger partial charge in [0.1, 0.15) is 0 Å². The molecule has 0 spiro atoms. The molecule has 1 atom stereocenters. The first kappa shape index (κ1) is 16.4. The van der Waals surface area contributed by atoms with Crippen molar-refractivity contribution in [1.82, 2.24) is 14.1 Å². The Morgan fingerprint density at radius 3 is 2.62 bits per heavy atom. The third-order valence-corrected chi connectivity index (χ3v) is 8.02. The van der Waals surface area contributed by atoms with Crippen LogP contribution in [0.15, 0.2) is 12.4 Å². The zero-order valence-electron chi connectivity index (χ0n) is 12.3. The monoisotopic (exact) mass is 335 g/mol. The third-order valence-electron chi connectivity index (χ3n) is 3.69. The lowest BCUT2D eigenvalue weighted by Gasteiger charge is -2.23. The fourth-order valence-electron chi connectivity index (χ4n) is 2.45. The maximum Gasteiger partial charge on any atom is 0.218 e. The average Bonchev–Trinajstić information content (AvgIpc) is 3.02. The SMILES string of the molecule is CCN(Cc1cnn(CC)c1)S(=O)(=O)C1CCS(=O)(=O)C1. The van der Waals surface area contributed by atoms with Gasteiger partial charge in [-0.15, -0.1) is 0 Å². The topological polar surface area (TPSA) is 89.3 Å². The van der Waals surface area contributed by atoms with Crippen molar-refractivity contribution in [2.75, 3.05) is 18.1 Å². The number of rotatable bonds is 6. The second kappa shape index (κ2) is 6.05. The smallest absolute Gasteiger partial charge is 0.218 e. The first-order chi connectivity index (χ1) is 9.78. The van der Waals surface area contributed by atoms with Crippen LogP contribution >= 0.6 is 0 Å². The van der Waals surface area contributed by atoms with E-state index in [1.807, 2.05) is 13.1 Å². The van der Waals surface area contributed by atoms with E-state index < -0.39 is 25.1 Å². The molecule has 9 heteroatoms. The molecule has 0 aromatic carbocycles. The highest BCUT2D eigenvalue weighted by Crippen LogP contribution is 2.23. The molecule has 2 heterocycles. The van der Waals surface area contributed by atoms with Crippen molar-refractivity contribution in [1.29, 1.82) is 0 Å². The first-order valence-electron chi connectivity index (χ1n) is 6.99. The Kier molecular flexibility index (Phi) is 4.74. The Bertz CT molecular complexity index is 694. The highest BCUT2D eigenvalue weighted by atomic mass is 32.2. The van der Waals surface area contributed by atoms with Crippen molar-refractivity contribution in [3.8, 4) is 0 Å². The van der Waals surface area contributed by atoms with Gasteiger partial charge in [0.05, 0.1) is 23.0 Å². The van der Waals surface area contributed by atoms with Gasteiger partial charge in [0.15, 0.2) is 9.84 Å². The molecule has 7 nitrogen and oxygen atoms in total. The lowest BCUT2D eigenvalue weighted by atomic mass is 10.3. The average molecular weight is 335 g/mol. The maximum absolute atomic E-state index is 12.6. The van der Waals surface area contributed by atoms with Crippen LogP contribution in [0.4, 0.5) is 0 Å². The van der Waals surface area contributed by atoms with E-state index in [0.29, 0.717) is 6.54 Å². The number of aromatic nitrogens is 2. The maximum atomic E-state index is 12.6. The van der Waals surface area contributed by atoms with E-state index in [2.05, 4.69) is 5.10 Å². The molecule has 1 aliphatic heterocycles. The number of hydrogen-bond donors (Lipinski definition) is 0. The van der Waals surface area contributed by atoms with Crippen LogP contribution in [-0.4, -0.2) is 54.2 Å². The van der Waals surface area contributed by atoms with E-state index in [1.54, 1.807) is 17.8 Å². The summed E-state index contributed by atoms with van der Waals surface area (Å²) in [6.45, 7) is 4.98. The number of sulfone groups is 1. The normalized spacial score (nSPS) is 22.0. The van der Waals surface area contributed by atoms with Gasteiger partial charge in [0.25, 0.3) is 0 Å². The Morgan fingerprint density at radius 2 is 2.14 bits per heavy atom. The van der Waals surface area contributed by atoms with E-state index in [0.717, 1.165) is 12.1 Å². The van der Waals surface area contributed by atoms with Crippen molar-refractivity contribution < 1.29 is 16.8 Å². The van der Waals surface area contributed by atoms with E-state index in [9.17, 15) is 16.8 Å². The van der Waals surface area contributed by atoms with Gasteiger partial charge in [0, 0.05) is 31.4 Å². The van der Waals surface area contributed by atoms with E-state index in [-0.39, 0.29) is 24.5 Å². The highest BCUT2D eigenvalue weighted by Gasteiger charge is 2.40. The molecule has 0 bridgehead atoms. The van der Waals surface area contributed by atoms with Crippen LogP contribution in [0.5, 0.6) is 0 Å². The molecular formula is C12H21N3O4S2. The number of aryl methyl sites for hydroxylation is 1. The lowest BCUT2D eigenvalue weighted by Crippen LogP contribution is -2.38. The molecule has 0 N–H and O–H groups in total. The summed E-state index contributed by atoms with van der Waals surface area (Å²) in [5, 5.41) is 3.31. The van der Waals surface area contributed by atoms with E-state index in [4.69, 9.17) is 0 Å². The second-order valence-corrected chi connectivity index (χ2v) is 9.64. The van der Waals surface area contributed by atoms with Crippen molar-refractivity contribution in [3.05, 3.63) is 18.0 Å². The number of nitrogens with zero attached hydrogens (tertiary/aromatic N) is 3. The summed E-state index contributed by atoms with van der Waals surface area (Å²) in [5.41, 5.74) is 0.808. The quantitative estimate of drug-likeness (QED) is 0.743. The van der Waals surface area contributed by atoms with Crippen LogP contribution in [0.1, 0.15) is 25.8 Å². The molecule has 1 unspecified atom stereocenters. The van der Waals surface area contributed by atoms with E-state index >= 15 is 0 Å². The fraction of sp³-hybridized carbons (Fsp3) is 0.750. The summed E-state index contributed by atoms with van der Waals surface area (Å²) >= 11 is 0. The summed E-state index contributed by atoms with van der Waals surface area (Å²) < 4.78 is 51.2. The van der Waals surface area contributed by atoms with Gasteiger partial charge >= 0.3 is 0 Å². The van der Waals surface area contributed by atoms with Gasteiger partial charge in [-0.3, -0.25) is 4.68 Å². The molecule has 21 heavy (non-hydrogen) atoms. The summed E-state index contributed by atoms with van der Waals surface area (Å²) in [6, 6.07) is 0. The molecule has 0 amide bonds. The van der Waals surface area contributed by atoms with Crippen molar-refractivity contribution in [2.24, 2.45) is 0 Å². The third kappa shape index (κ3) is 3.64. The standard InChI is InChI=1S/C12H21N3O4S2/c1-3-14-8-11(7-13-14)9-15(4-2)21(18,19)12-5-6-20(16,17)10-12/h7-8,12H,3-6,9-10H2,1-2H3. The summed E-state index contributed by atoms with van der Waals surface area (Å²) in [4.78, 5) is 0. The van der Waals surface area contributed by atoms with Crippen molar-refractivity contribution >= 4 is 19.9 Å². The van der Waals surface area contributed by atoms with Crippen molar-refractivity contribution in [2.45, 2.75) is 38.6 Å². The molecule has 1 saturated heterocycles. The van der Waals surface area contributed by atoms with Crippen LogP contribution in [0.25, 0.3) is 0 Å². The van der Waals surface area contributed by atoms with Gasteiger partial charge in [0.2, 0.25) is 10.0 Å². The summed E-state index contributed by atoms with van der Waals surface area (Å²) in [7, 11) is -6.82. The predicted molar refractivity (Wildman–Crippen MR) is 80.0 cm³/mol. The van der Waals surface area contributed by atoms with Crippen molar-refractivity contribution in [3.63, 3.8) is 0 Å². The minimum Gasteiger partial charge on any atom is -0.273 e. The highest BCUT2D eigenvalue weighted by molar-refractivity contribution is 7.95. The van der Waals surface area contributed by atoms with Crippen LogP contribution < -0.4 is 0 Å². The number of sulfonamides is 1. The molecule has 2 rings (SSSR count). The minimum absolute atomic E-state index is 0.0395. The Labute approximate surface area is 125 Å². The molecule has 1 aromatic heterocycles. The molecule has 1 fully saturated rings. The lowest BCUT2D eigenvalue weighted by molar-refractivity contribution is 0.416. The summed E-state index contributed by atoms with van der Waals surface area (Å²) in [5.74, 6) is -0.303.